The Kier molecular flexibility index (Phi) is 7.43. The molecule has 0 aromatic heterocycles. The lowest BCUT2D eigenvalue weighted by Gasteiger charge is -2.27. The highest BCUT2D eigenvalue weighted by atomic mass is 16.5. The van der Waals surface area contributed by atoms with Crippen LogP contribution in [0.25, 0.3) is 0 Å². The number of benzene rings is 1. The van der Waals surface area contributed by atoms with Gasteiger partial charge in [-0.05, 0) is 31.0 Å². The highest BCUT2D eigenvalue weighted by Crippen LogP contribution is 2.11. The van der Waals surface area contributed by atoms with E-state index >= 15 is 0 Å². The fourth-order valence-corrected chi connectivity index (χ4v) is 2.22. The number of carbonyl (C=O) groups is 2. The summed E-state index contributed by atoms with van der Waals surface area (Å²) in [5.41, 5.74) is 0.934. The van der Waals surface area contributed by atoms with Crippen molar-refractivity contribution < 1.29 is 14.3 Å². The maximum absolute atomic E-state index is 11.9. The number of methoxy groups -OCH3 is 1. The summed E-state index contributed by atoms with van der Waals surface area (Å²) in [6.07, 6.45) is 1.23. The second-order valence-electron chi connectivity index (χ2n) is 5.34. The Balaban J connectivity index is 2.40. The van der Waals surface area contributed by atoms with Crippen molar-refractivity contribution in [3.63, 3.8) is 0 Å². The number of amides is 2. The minimum atomic E-state index is -0.0437. The molecule has 0 aliphatic carbocycles. The van der Waals surface area contributed by atoms with Crippen LogP contribution in [0.3, 0.4) is 0 Å². The van der Waals surface area contributed by atoms with E-state index in [9.17, 15) is 9.59 Å². The number of carbonyl (C=O) groups excluding carboxylic acids is 2. The van der Waals surface area contributed by atoms with Crippen molar-refractivity contribution in [2.45, 2.75) is 39.7 Å². The van der Waals surface area contributed by atoms with Gasteiger partial charge in [0.05, 0.1) is 13.5 Å². The van der Waals surface area contributed by atoms with Crippen LogP contribution in [0.4, 0.5) is 0 Å². The van der Waals surface area contributed by atoms with Gasteiger partial charge >= 0.3 is 0 Å². The number of hydrogen-bond donors (Lipinski definition) is 1. The summed E-state index contributed by atoms with van der Waals surface area (Å²) in [7, 11) is 1.61. The predicted octanol–water partition coefficient (Wildman–Crippen LogP) is 2.00. The summed E-state index contributed by atoms with van der Waals surface area (Å²) in [6, 6.07) is 7.61. The number of rotatable bonds is 8. The molecule has 1 unspecified atom stereocenters. The van der Waals surface area contributed by atoms with Gasteiger partial charge in [-0.1, -0.05) is 19.1 Å². The van der Waals surface area contributed by atoms with Gasteiger partial charge in [-0.15, -0.1) is 0 Å². The first-order valence-electron chi connectivity index (χ1n) is 7.64. The molecule has 0 heterocycles. The molecule has 0 spiro atoms. The van der Waals surface area contributed by atoms with E-state index in [-0.39, 0.29) is 17.9 Å². The van der Waals surface area contributed by atoms with Crippen LogP contribution >= 0.6 is 0 Å². The zero-order chi connectivity index (χ0) is 16.5. The van der Waals surface area contributed by atoms with Gasteiger partial charge in [0.2, 0.25) is 11.8 Å². The van der Waals surface area contributed by atoms with Crippen molar-refractivity contribution in [1.29, 1.82) is 0 Å². The zero-order valence-electron chi connectivity index (χ0n) is 13.9. The van der Waals surface area contributed by atoms with Crippen LogP contribution in [0.5, 0.6) is 5.75 Å². The Labute approximate surface area is 132 Å². The average Bonchev–Trinajstić information content (AvgIpc) is 2.51. The van der Waals surface area contributed by atoms with E-state index in [1.807, 2.05) is 38.1 Å². The number of nitrogens with zero attached hydrogens (tertiary/aromatic N) is 1. The molecule has 0 saturated carbocycles. The number of ether oxygens (including phenoxy) is 1. The summed E-state index contributed by atoms with van der Waals surface area (Å²) in [6.45, 7) is 6.63. The van der Waals surface area contributed by atoms with Gasteiger partial charge in [0.1, 0.15) is 5.75 Å². The average molecular weight is 306 g/mol. The molecule has 5 heteroatoms. The van der Waals surface area contributed by atoms with E-state index in [2.05, 4.69) is 5.32 Å². The van der Waals surface area contributed by atoms with Crippen LogP contribution in [0, 0.1) is 0 Å². The lowest BCUT2D eigenvalue weighted by Crippen LogP contribution is -2.42. The molecule has 0 bridgehead atoms. The fourth-order valence-electron chi connectivity index (χ4n) is 2.22. The first kappa shape index (κ1) is 18.0. The van der Waals surface area contributed by atoms with E-state index in [0.717, 1.165) is 17.7 Å². The monoisotopic (exact) mass is 306 g/mol. The van der Waals surface area contributed by atoms with E-state index in [1.165, 1.54) is 0 Å². The smallest absolute Gasteiger partial charge is 0.224 e. The van der Waals surface area contributed by atoms with Gasteiger partial charge < -0.3 is 15.0 Å². The maximum Gasteiger partial charge on any atom is 0.224 e. The van der Waals surface area contributed by atoms with E-state index in [4.69, 9.17) is 4.74 Å². The molecule has 1 atom stereocenters. The van der Waals surface area contributed by atoms with Crippen molar-refractivity contribution in [2.75, 3.05) is 20.2 Å². The summed E-state index contributed by atoms with van der Waals surface area (Å²) in [4.78, 5) is 25.3. The molecular weight excluding hydrogens is 280 g/mol. The number of nitrogens with one attached hydrogen (secondary N) is 1. The third kappa shape index (κ3) is 5.76. The van der Waals surface area contributed by atoms with Gasteiger partial charge in [-0.25, -0.2) is 0 Å². The first-order chi connectivity index (χ1) is 10.5. The Morgan fingerprint density at radius 2 is 1.91 bits per heavy atom. The third-order valence-corrected chi connectivity index (χ3v) is 3.73. The van der Waals surface area contributed by atoms with Gasteiger partial charge in [0, 0.05) is 26.1 Å². The largest absolute Gasteiger partial charge is 0.497 e. The van der Waals surface area contributed by atoms with Crippen LogP contribution in [0.2, 0.25) is 0 Å². The lowest BCUT2D eigenvalue weighted by atomic mass is 10.1. The maximum atomic E-state index is 11.9. The Morgan fingerprint density at radius 3 is 2.41 bits per heavy atom. The molecule has 0 saturated heterocycles. The predicted molar refractivity (Wildman–Crippen MR) is 86.8 cm³/mol. The lowest BCUT2D eigenvalue weighted by molar-refractivity contribution is -0.131. The normalized spacial score (nSPS) is 11.6. The van der Waals surface area contributed by atoms with Crippen molar-refractivity contribution in [1.82, 2.24) is 10.2 Å². The van der Waals surface area contributed by atoms with Crippen molar-refractivity contribution >= 4 is 11.8 Å². The van der Waals surface area contributed by atoms with Crippen LogP contribution in [0.15, 0.2) is 24.3 Å². The Bertz CT molecular complexity index is 485. The molecule has 1 aromatic rings. The number of hydrogen-bond acceptors (Lipinski definition) is 3. The molecule has 2 amide bonds. The van der Waals surface area contributed by atoms with Gasteiger partial charge in [0.25, 0.3) is 0 Å². The molecule has 1 rings (SSSR count). The van der Waals surface area contributed by atoms with Gasteiger partial charge in [0.15, 0.2) is 0 Å². The van der Waals surface area contributed by atoms with Crippen molar-refractivity contribution in [3.8, 4) is 5.75 Å². The molecule has 22 heavy (non-hydrogen) atoms. The summed E-state index contributed by atoms with van der Waals surface area (Å²) in [5.74, 6) is 0.770. The molecule has 0 aliphatic rings. The summed E-state index contributed by atoms with van der Waals surface area (Å²) < 4.78 is 5.08. The molecule has 122 valence electrons. The van der Waals surface area contributed by atoms with Crippen molar-refractivity contribution in [3.05, 3.63) is 29.8 Å². The highest BCUT2D eigenvalue weighted by Gasteiger charge is 2.14. The van der Waals surface area contributed by atoms with Gasteiger partial charge in [-0.2, -0.15) is 0 Å². The molecule has 0 aliphatic heterocycles. The highest BCUT2D eigenvalue weighted by molar-refractivity contribution is 5.78. The molecule has 1 N–H and O–H groups in total. The first-order valence-corrected chi connectivity index (χ1v) is 7.64. The topological polar surface area (TPSA) is 58.6 Å². The van der Waals surface area contributed by atoms with Crippen LogP contribution in [-0.4, -0.2) is 43.0 Å². The molecule has 0 radical (unpaired) electrons. The molecule has 5 nitrogen and oxygen atoms in total. The van der Waals surface area contributed by atoms with Gasteiger partial charge in [-0.3, -0.25) is 9.59 Å². The van der Waals surface area contributed by atoms with Crippen LogP contribution in [-0.2, 0) is 16.0 Å². The standard InChI is InChI=1S/C17H26N2O3/c1-5-13(2)19(14(3)20)11-10-18-17(21)12-15-6-8-16(22-4)9-7-15/h6-9,13H,5,10-12H2,1-4H3,(H,18,21). The minimum absolute atomic E-state index is 0.0405. The van der Waals surface area contributed by atoms with E-state index in [1.54, 1.807) is 18.9 Å². The zero-order valence-corrected chi connectivity index (χ0v) is 13.9. The second-order valence-corrected chi connectivity index (χ2v) is 5.34. The second kappa shape index (κ2) is 9.07. The quantitative estimate of drug-likeness (QED) is 0.799. The van der Waals surface area contributed by atoms with Crippen LogP contribution in [0.1, 0.15) is 32.8 Å². The Morgan fingerprint density at radius 1 is 1.27 bits per heavy atom. The summed E-state index contributed by atoms with van der Waals surface area (Å²) >= 11 is 0. The molecule has 1 aromatic carbocycles. The fraction of sp³-hybridized carbons (Fsp3) is 0.529. The molecular formula is C17H26N2O3. The minimum Gasteiger partial charge on any atom is -0.497 e. The SMILES string of the molecule is CCC(C)N(CCNC(=O)Cc1ccc(OC)cc1)C(C)=O. The molecule has 0 fully saturated rings. The summed E-state index contributed by atoms with van der Waals surface area (Å²) in [5, 5.41) is 2.86. The van der Waals surface area contributed by atoms with Crippen molar-refractivity contribution in [2.24, 2.45) is 0 Å². The van der Waals surface area contributed by atoms with E-state index in [0.29, 0.717) is 19.5 Å². The third-order valence-electron chi connectivity index (χ3n) is 3.73. The van der Waals surface area contributed by atoms with E-state index < -0.39 is 0 Å². The Hall–Kier alpha value is -2.04. The van der Waals surface area contributed by atoms with Crippen LogP contribution < -0.4 is 10.1 Å².